The molecule has 0 saturated heterocycles. The number of halogens is 1. The second kappa shape index (κ2) is 4.16. The molecular weight excluding hydrogens is 126 g/mol. The first kappa shape index (κ1) is 10.1. The minimum atomic E-state index is -1.14. The molecular formula is C4H10ClNSi. The molecule has 0 aromatic carbocycles. The third-order valence-corrected chi connectivity index (χ3v) is 0. The summed E-state index contributed by atoms with van der Waals surface area (Å²) in [6.45, 7) is 9.78. The Labute approximate surface area is 50.6 Å². The highest BCUT2D eigenvalue weighted by atomic mass is 35.6. The van der Waals surface area contributed by atoms with E-state index in [2.05, 4.69) is 26.2 Å². The summed E-state index contributed by atoms with van der Waals surface area (Å²) in [5, 5.41) is 6.50. The van der Waals surface area contributed by atoms with Gasteiger partial charge in [0.05, 0.1) is 0 Å². The number of hydrogen-bond donors (Lipinski definition) is 0. The van der Waals surface area contributed by atoms with E-state index in [1.54, 1.807) is 0 Å². The van der Waals surface area contributed by atoms with Crippen molar-refractivity contribution in [1.29, 1.82) is 5.26 Å². The molecule has 0 amide bonds. The van der Waals surface area contributed by atoms with Gasteiger partial charge >= 0.3 is 0 Å². The van der Waals surface area contributed by atoms with Crippen molar-refractivity contribution in [3.8, 4) is 6.57 Å². The van der Waals surface area contributed by atoms with E-state index >= 15 is 0 Å². The van der Waals surface area contributed by atoms with E-state index in [4.69, 9.17) is 16.3 Å². The maximum absolute atomic E-state index is 6.50. The molecule has 0 aliphatic heterocycles. The van der Waals surface area contributed by atoms with Gasteiger partial charge in [0.15, 0.2) is 0 Å². The predicted molar refractivity (Wildman–Crippen MR) is 35.9 cm³/mol. The molecule has 0 aromatic rings. The van der Waals surface area contributed by atoms with E-state index in [0.717, 1.165) is 0 Å². The lowest BCUT2D eigenvalue weighted by Crippen LogP contribution is -2.06. The lowest BCUT2D eigenvalue weighted by Gasteiger charge is -1.97. The maximum Gasteiger partial charge on any atom is 0.147 e. The van der Waals surface area contributed by atoms with Crippen molar-refractivity contribution >= 4 is 18.5 Å². The molecule has 3 heteroatoms. The normalized spacial score (nSPS) is 8.86. The number of nitrogens with zero attached hydrogens (tertiary/aromatic N) is 1. The summed E-state index contributed by atoms with van der Waals surface area (Å²) >= 11 is 5.67. The largest absolute Gasteiger partial charge is 0.202 e. The highest BCUT2D eigenvalue weighted by molar-refractivity contribution is 7.18. The van der Waals surface area contributed by atoms with Gasteiger partial charge in [-0.1, -0.05) is 19.6 Å². The predicted octanol–water partition coefficient (Wildman–Crippen LogP) is 2.20. The highest BCUT2D eigenvalue weighted by Gasteiger charge is 2.04. The van der Waals surface area contributed by atoms with Crippen molar-refractivity contribution in [2.45, 2.75) is 19.6 Å². The van der Waals surface area contributed by atoms with Crippen molar-refractivity contribution in [2.24, 2.45) is 0 Å². The van der Waals surface area contributed by atoms with Crippen molar-refractivity contribution in [3.05, 3.63) is 0 Å². The lowest BCUT2D eigenvalue weighted by molar-refractivity contribution is 1.58. The molecule has 0 saturated carbocycles. The Kier molecular flexibility index (Phi) is 5.99. The van der Waals surface area contributed by atoms with Crippen LogP contribution in [0, 0.1) is 11.8 Å². The van der Waals surface area contributed by atoms with Crippen molar-refractivity contribution in [2.75, 3.05) is 0 Å². The first-order valence-electron chi connectivity index (χ1n) is 1.95. The molecule has 1 nitrogen and oxygen atoms in total. The Balaban J connectivity index is 0. The van der Waals surface area contributed by atoms with Crippen LogP contribution in [-0.2, 0) is 0 Å². The second-order valence-corrected chi connectivity index (χ2v) is 9.60. The molecule has 0 bridgehead atoms. The fraction of sp³-hybridized carbons (Fsp3) is 0.750. The van der Waals surface area contributed by atoms with Crippen LogP contribution in [0.5, 0.6) is 0 Å². The van der Waals surface area contributed by atoms with Crippen LogP contribution >= 0.6 is 11.1 Å². The molecule has 0 atom stereocenters. The van der Waals surface area contributed by atoms with Crippen molar-refractivity contribution < 1.29 is 0 Å². The van der Waals surface area contributed by atoms with Crippen LogP contribution in [0.1, 0.15) is 0 Å². The Morgan fingerprint density at radius 2 is 1.29 bits per heavy atom. The Morgan fingerprint density at radius 1 is 1.29 bits per heavy atom. The van der Waals surface area contributed by atoms with Crippen LogP contribution in [0.2, 0.25) is 19.6 Å². The summed E-state index contributed by atoms with van der Waals surface area (Å²) in [5.74, 6) is 0. The average Bonchev–Trinajstić information content (AvgIpc) is 1.36. The van der Waals surface area contributed by atoms with Crippen LogP contribution in [-0.4, -0.2) is 7.38 Å². The van der Waals surface area contributed by atoms with Gasteiger partial charge in [-0.2, -0.15) is 11.1 Å². The molecule has 0 aliphatic carbocycles. The molecule has 0 spiro atoms. The summed E-state index contributed by atoms with van der Waals surface area (Å²) in [5.41, 5.74) is 0. The van der Waals surface area contributed by atoms with Crippen LogP contribution in [0.3, 0.4) is 0 Å². The lowest BCUT2D eigenvalue weighted by atomic mass is 11.8. The summed E-state index contributed by atoms with van der Waals surface area (Å²) in [6.07, 6.45) is 0. The van der Waals surface area contributed by atoms with Gasteiger partial charge in [0.25, 0.3) is 0 Å². The van der Waals surface area contributed by atoms with E-state index in [1.807, 2.05) is 0 Å². The Hall–Kier alpha value is -0.00312. The van der Waals surface area contributed by atoms with Crippen LogP contribution in [0.15, 0.2) is 0 Å². The highest BCUT2D eigenvalue weighted by Crippen LogP contribution is 2.03. The van der Waals surface area contributed by atoms with E-state index in [0.29, 0.717) is 0 Å². The van der Waals surface area contributed by atoms with Gasteiger partial charge in [-0.05, 0) is 0 Å². The van der Waals surface area contributed by atoms with Crippen molar-refractivity contribution in [1.82, 2.24) is 0 Å². The van der Waals surface area contributed by atoms with Gasteiger partial charge in [0.2, 0.25) is 0 Å². The standard InChI is InChI=1S/C3H9ClSi.CHN/c1-5(2,3)4;1-2/h1-3H3;1H. The molecule has 7 heavy (non-hydrogen) atoms. The molecule has 0 N–H and O–H groups in total. The Bertz CT molecular complexity index is 48.4. The van der Waals surface area contributed by atoms with E-state index in [1.165, 1.54) is 0 Å². The molecule has 42 valence electrons. The van der Waals surface area contributed by atoms with Crippen LogP contribution in [0.4, 0.5) is 0 Å². The smallest absolute Gasteiger partial charge is 0.147 e. The maximum atomic E-state index is 6.50. The SMILES string of the molecule is C#N.C[Si](C)(C)Cl. The third-order valence-electron chi connectivity index (χ3n) is 0. The molecule has 0 fully saturated rings. The van der Waals surface area contributed by atoms with Crippen LogP contribution in [0.25, 0.3) is 0 Å². The summed E-state index contributed by atoms with van der Waals surface area (Å²) in [7, 11) is -1.14. The van der Waals surface area contributed by atoms with Gasteiger partial charge in [0.1, 0.15) is 7.38 Å². The second-order valence-electron chi connectivity index (χ2n) is 2.07. The minimum absolute atomic E-state index is 1.14. The Morgan fingerprint density at radius 3 is 1.29 bits per heavy atom. The van der Waals surface area contributed by atoms with E-state index in [9.17, 15) is 0 Å². The first-order chi connectivity index (χ1) is 3.00. The topological polar surface area (TPSA) is 23.8 Å². The molecule has 0 rings (SSSR count). The van der Waals surface area contributed by atoms with Gasteiger partial charge in [-0.15, -0.1) is 0 Å². The molecule has 0 aromatic heterocycles. The summed E-state index contributed by atoms with van der Waals surface area (Å²) in [4.78, 5) is 0. The van der Waals surface area contributed by atoms with Crippen molar-refractivity contribution in [3.63, 3.8) is 0 Å². The number of nitriles is 1. The van der Waals surface area contributed by atoms with Gasteiger partial charge in [0, 0.05) is 6.57 Å². The average molecular weight is 136 g/mol. The molecule has 0 unspecified atom stereocenters. The summed E-state index contributed by atoms with van der Waals surface area (Å²) < 4.78 is 0. The molecule has 0 aliphatic rings. The van der Waals surface area contributed by atoms with E-state index < -0.39 is 7.38 Å². The van der Waals surface area contributed by atoms with Gasteiger partial charge in [-0.25, -0.2) is 5.26 Å². The fourth-order valence-corrected chi connectivity index (χ4v) is 0. The monoisotopic (exact) mass is 135 g/mol. The molecule has 0 heterocycles. The summed E-state index contributed by atoms with van der Waals surface area (Å²) in [6, 6.07) is 0. The van der Waals surface area contributed by atoms with Gasteiger partial charge < -0.3 is 0 Å². The zero-order valence-corrected chi connectivity index (χ0v) is 6.66. The van der Waals surface area contributed by atoms with E-state index in [-0.39, 0.29) is 0 Å². The first-order valence-corrected chi connectivity index (χ1v) is 6.46. The van der Waals surface area contributed by atoms with Crippen LogP contribution < -0.4 is 0 Å². The zero-order chi connectivity index (χ0) is 6.50. The van der Waals surface area contributed by atoms with Gasteiger partial charge in [-0.3, -0.25) is 0 Å². The third kappa shape index (κ3) is 9860000. The number of hydrogen-bond acceptors (Lipinski definition) is 1. The number of rotatable bonds is 0. The fourth-order valence-electron chi connectivity index (χ4n) is 0. The zero-order valence-electron chi connectivity index (χ0n) is 4.90. The quantitative estimate of drug-likeness (QED) is 0.369. The molecule has 0 radical (unpaired) electrons. The minimum Gasteiger partial charge on any atom is -0.202 e.